The highest BCUT2D eigenvalue weighted by molar-refractivity contribution is 6.31. The number of esters is 1. The minimum absolute atomic E-state index is 0.132. The number of hydrogen-bond donors (Lipinski definition) is 0. The Labute approximate surface area is 183 Å². The van der Waals surface area contributed by atoms with Crippen molar-refractivity contribution in [3.05, 3.63) is 74.8 Å². The number of rotatable bonds is 6. The van der Waals surface area contributed by atoms with Crippen LogP contribution in [0.15, 0.2) is 48.5 Å². The number of para-hydroxylation sites is 1. The Morgan fingerprint density at radius 3 is 2.52 bits per heavy atom. The molecular formula is C22H21ClN2O6. The molecule has 0 heterocycles. The minimum Gasteiger partial charge on any atom is -0.452 e. The average molecular weight is 445 g/mol. The summed E-state index contributed by atoms with van der Waals surface area (Å²) in [6.07, 6.45) is 2.15. The highest BCUT2D eigenvalue weighted by Gasteiger charge is 2.48. The van der Waals surface area contributed by atoms with Crippen LogP contribution in [0.4, 0.5) is 5.69 Å². The highest BCUT2D eigenvalue weighted by atomic mass is 35.5. The number of nitro benzene ring substituents is 1. The lowest BCUT2D eigenvalue weighted by Crippen LogP contribution is -2.55. The van der Waals surface area contributed by atoms with Gasteiger partial charge in [0.25, 0.3) is 11.6 Å². The molecule has 0 aromatic heterocycles. The molecule has 31 heavy (non-hydrogen) atoms. The third kappa shape index (κ3) is 4.29. The quantitative estimate of drug-likeness (QED) is 0.380. The second-order valence-corrected chi connectivity index (χ2v) is 7.68. The fourth-order valence-corrected chi connectivity index (χ4v) is 4.24. The van der Waals surface area contributed by atoms with E-state index in [0.717, 1.165) is 12.8 Å². The standard InChI is InChI=1S/C22H21ClN2O6/c1-24(20(27)14-31-21(28)15-8-2-5-11-18(15)25(29)30)22(13-7-6-12-19(22)26)16-9-3-4-10-17(16)23/h2-5,8-11H,6-7,12-14H2,1H3. The molecule has 1 saturated carbocycles. The van der Waals surface area contributed by atoms with Gasteiger partial charge in [0, 0.05) is 30.1 Å². The number of ether oxygens (including phenoxy) is 1. The van der Waals surface area contributed by atoms with Crippen molar-refractivity contribution in [1.29, 1.82) is 0 Å². The maximum Gasteiger partial charge on any atom is 0.345 e. The Morgan fingerprint density at radius 2 is 1.84 bits per heavy atom. The minimum atomic E-state index is -1.25. The van der Waals surface area contributed by atoms with Crippen LogP contribution < -0.4 is 0 Å². The summed E-state index contributed by atoms with van der Waals surface area (Å²) in [5.41, 5.74) is -1.39. The van der Waals surface area contributed by atoms with Gasteiger partial charge in [-0.25, -0.2) is 4.79 Å². The number of halogens is 1. The molecule has 0 N–H and O–H groups in total. The predicted molar refractivity (Wildman–Crippen MR) is 113 cm³/mol. The molecule has 3 rings (SSSR count). The molecule has 1 aliphatic carbocycles. The van der Waals surface area contributed by atoms with Crippen molar-refractivity contribution in [3.8, 4) is 0 Å². The van der Waals surface area contributed by atoms with E-state index in [4.69, 9.17) is 16.3 Å². The first-order valence-corrected chi connectivity index (χ1v) is 10.1. The van der Waals surface area contributed by atoms with E-state index in [0.29, 0.717) is 23.4 Å². The van der Waals surface area contributed by atoms with Crippen molar-refractivity contribution in [3.63, 3.8) is 0 Å². The van der Waals surface area contributed by atoms with E-state index in [-0.39, 0.29) is 11.3 Å². The molecule has 0 radical (unpaired) electrons. The smallest absolute Gasteiger partial charge is 0.345 e. The summed E-state index contributed by atoms with van der Waals surface area (Å²) in [6, 6.07) is 12.2. The van der Waals surface area contributed by atoms with Gasteiger partial charge in [0.2, 0.25) is 0 Å². The van der Waals surface area contributed by atoms with Gasteiger partial charge in [-0.15, -0.1) is 0 Å². The van der Waals surface area contributed by atoms with E-state index in [9.17, 15) is 24.5 Å². The summed E-state index contributed by atoms with van der Waals surface area (Å²) < 4.78 is 5.06. The van der Waals surface area contributed by atoms with E-state index in [2.05, 4.69) is 0 Å². The molecule has 0 spiro atoms. The Hall–Kier alpha value is -3.26. The van der Waals surface area contributed by atoms with Crippen LogP contribution >= 0.6 is 11.6 Å². The SMILES string of the molecule is CN(C(=O)COC(=O)c1ccccc1[N+](=O)[O-])C1(c2ccccc2Cl)CCCCC1=O. The van der Waals surface area contributed by atoms with Crippen LogP contribution in [0.3, 0.4) is 0 Å². The molecule has 1 aliphatic rings. The van der Waals surface area contributed by atoms with Gasteiger partial charge in [0.1, 0.15) is 11.1 Å². The summed E-state index contributed by atoms with van der Waals surface area (Å²) in [7, 11) is 1.48. The fraction of sp³-hybridized carbons (Fsp3) is 0.318. The average Bonchev–Trinajstić information content (AvgIpc) is 2.77. The van der Waals surface area contributed by atoms with Gasteiger partial charge >= 0.3 is 5.97 Å². The van der Waals surface area contributed by atoms with Crippen molar-refractivity contribution in [2.45, 2.75) is 31.2 Å². The van der Waals surface area contributed by atoms with E-state index in [1.54, 1.807) is 24.3 Å². The molecule has 1 amide bonds. The lowest BCUT2D eigenvalue weighted by molar-refractivity contribution is -0.385. The fourth-order valence-electron chi connectivity index (χ4n) is 3.95. The lowest BCUT2D eigenvalue weighted by atomic mass is 9.74. The van der Waals surface area contributed by atoms with E-state index in [1.807, 2.05) is 0 Å². The number of Topliss-reactive ketones (excluding diaryl/α,β-unsaturated/α-hetero) is 1. The zero-order chi connectivity index (χ0) is 22.6. The summed E-state index contributed by atoms with van der Waals surface area (Å²) in [5.74, 6) is -1.73. The third-order valence-electron chi connectivity index (χ3n) is 5.57. The van der Waals surface area contributed by atoms with Crippen molar-refractivity contribution in [2.75, 3.05) is 13.7 Å². The third-order valence-corrected chi connectivity index (χ3v) is 5.90. The normalized spacial score (nSPS) is 18.3. The number of hydrogen-bond acceptors (Lipinski definition) is 6. The first-order chi connectivity index (χ1) is 14.8. The largest absolute Gasteiger partial charge is 0.452 e. The van der Waals surface area contributed by atoms with Crippen LogP contribution in [0.5, 0.6) is 0 Å². The predicted octanol–water partition coefficient (Wildman–Crippen LogP) is 3.90. The van der Waals surface area contributed by atoms with Crippen molar-refractivity contribution in [1.82, 2.24) is 4.90 Å². The van der Waals surface area contributed by atoms with Crippen LogP contribution in [0.2, 0.25) is 5.02 Å². The first-order valence-electron chi connectivity index (χ1n) is 9.74. The highest BCUT2D eigenvalue weighted by Crippen LogP contribution is 2.42. The van der Waals surface area contributed by atoms with Crippen LogP contribution in [-0.2, 0) is 19.9 Å². The van der Waals surface area contributed by atoms with Gasteiger partial charge in [-0.3, -0.25) is 19.7 Å². The molecule has 0 saturated heterocycles. The molecule has 162 valence electrons. The molecule has 1 unspecified atom stereocenters. The van der Waals surface area contributed by atoms with Gasteiger partial charge in [-0.05, 0) is 31.4 Å². The molecule has 2 aromatic rings. The first kappa shape index (κ1) is 22.4. The van der Waals surface area contributed by atoms with Crippen LogP contribution in [-0.4, -0.2) is 41.1 Å². The van der Waals surface area contributed by atoms with Crippen molar-refractivity contribution in [2.24, 2.45) is 0 Å². The summed E-state index contributed by atoms with van der Waals surface area (Å²) >= 11 is 6.38. The summed E-state index contributed by atoms with van der Waals surface area (Å²) in [5, 5.41) is 11.5. The Balaban J connectivity index is 1.83. The van der Waals surface area contributed by atoms with Crippen LogP contribution in [0.25, 0.3) is 0 Å². The molecule has 1 fully saturated rings. The van der Waals surface area contributed by atoms with E-state index >= 15 is 0 Å². The van der Waals surface area contributed by atoms with Gasteiger partial charge in [-0.2, -0.15) is 0 Å². The Morgan fingerprint density at radius 1 is 1.16 bits per heavy atom. The zero-order valence-corrected chi connectivity index (χ0v) is 17.6. The number of carbonyl (C=O) groups is 3. The molecule has 8 nitrogen and oxygen atoms in total. The number of benzene rings is 2. The van der Waals surface area contributed by atoms with Gasteiger partial charge < -0.3 is 9.64 Å². The molecule has 1 atom stereocenters. The van der Waals surface area contributed by atoms with Gasteiger partial charge in [-0.1, -0.05) is 41.9 Å². The Kier molecular flexibility index (Phi) is 6.70. The Bertz CT molecular complexity index is 1040. The molecule has 2 aromatic carbocycles. The van der Waals surface area contributed by atoms with Crippen LogP contribution in [0.1, 0.15) is 41.6 Å². The van der Waals surface area contributed by atoms with E-state index in [1.165, 1.54) is 36.2 Å². The number of nitrogens with zero attached hydrogens (tertiary/aromatic N) is 2. The van der Waals surface area contributed by atoms with Crippen LogP contribution in [0, 0.1) is 10.1 Å². The van der Waals surface area contributed by atoms with Crippen molar-refractivity contribution >= 4 is 34.9 Å². The van der Waals surface area contributed by atoms with Gasteiger partial charge in [0.05, 0.1) is 4.92 Å². The maximum atomic E-state index is 13.1. The lowest BCUT2D eigenvalue weighted by Gasteiger charge is -2.43. The number of amides is 1. The zero-order valence-electron chi connectivity index (χ0n) is 16.9. The second-order valence-electron chi connectivity index (χ2n) is 7.27. The molecule has 9 heteroatoms. The topological polar surface area (TPSA) is 107 Å². The second kappa shape index (κ2) is 9.26. The molecule has 0 aliphatic heterocycles. The number of carbonyl (C=O) groups excluding carboxylic acids is 3. The van der Waals surface area contributed by atoms with E-state index < -0.39 is 34.6 Å². The summed E-state index contributed by atoms with van der Waals surface area (Å²) in [6.45, 7) is -0.666. The maximum absolute atomic E-state index is 13.1. The number of likely N-dealkylation sites (N-methyl/N-ethyl adjacent to an activating group) is 1. The number of ketones is 1. The summed E-state index contributed by atoms with van der Waals surface area (Å²) in [4.78, 5) is 50.1. The van der Waals surface area contributed by atoms with Crippen molar-refractivity contribution < 1.29 is 24.0 Å². The monoisotopic (exact) mass is 444 g/mol. The molecule has 0 bridgehead atoms. The molecular weight excluding hydrogens is 424 g/mol. The number of nitro groups is 1. The van der Waals surface area contributed by atoms with Gasteiger partial charge in [0.15, 0.2) is 12.4 Å².